The first-order valence-corrected chi connectivity index (χ1v) is 12.0. The number of pyridine rings is 2. The topological polar surface area (TPSA) is 82.2 Å². The quantitative estimate of drug-likeness (QED) is 0.401. The first-order chi connectivity index (χ1) is 17.4. The maximum absolute atomic E-state index is 12.9. The summed E-state index contributed by atoms with van der Waals surface area (Å²) in [7, 11) is 5.20. The van der Waals surface area contributed by atoms with Gasteiger partial charge in [0.05, 0.1) is 11.2 Å². The zero-order chi connectivity index (χ0) is 25.4. The fourth-order valence-electron chi connectivity index (χ4n) is 4.42. The van der Waals surface area contributed by atoms with Crippen LogP contribution in [0.3, 0.4) is 0 Å². The minimum atomic E-state index is -0.129. The smallest absolute Gasteiger partial charge is 0.253 e. The molecule has 0 bridgehead atoms. The molecule has 1 aliphatic rings. The minimum Gasteiger partial charge on any atom is -0.345 e. The largest absolute Gasteiger partial charge is 0.345 e. The summed E-state index contributed by atoms with van der Waals surface area (Å²) in [5, 5.41) is 9.46. The Balaban J connectivity index is 1.64. The van der Waals surface area contributed by atoms with Crippen LogP contribution in [0.15, 0.2) is 71.5 Å². The van der Waals surface area contributed by atoms with Gasteiger partial charge in [-0.25, -0.2) is 4.98 Å². The van der Waals surface area contributed by atoms with Crippen LogP contribution in [-0.4, -0.2) is 41.0 Å². The summed E-state index contributed by atoms with van der Waals surface area (Å²) in [6.45, 7) is 0.753. The third-order valence-electron chi connectivity index (χ3n) is 6.62. The molecule has 0 aliphatic heterocycles. The molecule has 0 N–H and O–H groups in total. The Labute approximate surface area is 209 Å². The molecule has 7 nitrogen and oxygen atoms in total. The van der Waals surface area contributed by atoms with Crippen LogP contribution in [0.4, 0.5) is 11.4 Å². The molecule has 7 heteroatoms. The molecule has 36 heavy (non-hydrogen) atoms. The number of carbonyl (C=O) groups excluding carboxylic acids is 1. The molecule has 0 atom stereocenters. The molecule has 180 valence electrons. The third kappa shape index (κ3) is 4.46. The van der Waals surface area contributed by atoms with Gasteiger partial charge in [-0.05, 0) is 66.3 Å². The van der Waals surface area contributed by atoms with E-state index in [4.69, 9.17) is 0 Å². The number of amides is 1. The van der Waals surface area contributed by atoms with Gasteiger partial charge in [0, 0.05) is 45.0 Å². The number of fused-ring (bicyclic) bond motifs is 1. The predicted molar refractivity (Wildman–Crippen MR) is 141 cm³/mol. The highest BCUT2D eigenvalue weighted by Crippen LogP contribution is 2.38. The van der Waals surface area contributed by atoms with Gasteiger partial charge >= 0.3 is 0 Å². The van der Waals surface area contributed by atoms with Gasteiger partial charge in [-0.15, -0.1) is 0 Å². The Bertz CT molecular complexity index is 1580. The molecule has 1 fully saturated rings. The summed E-state index contributed by atoms with van der Waals surface area (Å²) in [6, 6.07) is 22.9. The fourth-order valence-corrected chi connectivity index (χ4v) is 4.42. The lowest BCUT2D eigenvalue weighted by Crippen LogP contribution is -2.25. The van der Waals surface area contributed by atoms with Gasteiger partial charge in [-0.3, -0.25) is 9.59 Å². The van der Waals surface area contributed by atoms with E-state index in [0.29, 0.717) is 33.9 Å². The number of anilines is 2. The molecule has 1 saturated carbocycles. The van der Waals surface area contributed by atoms with Crippen molar-refractivity contribution in [3.8, 4) is 17.2 Å². The minimum absolute atomic E-state index is 0.0469. The van der Waals surface area contributed by atoms with Crippen molar-refractivity contribution in [2.45, 2.75) is 12.8 Å². The van der Waals surface area contributed by atoms with E-state index in [9.17, 15) is 14.9 Å². The molecule has 2 aromatic heterocycles. The average molecular weight is 478 g/mol. The van der Waals surface area contributed by atoms with Gasteiger partial charge in [0.1, 0.15) is 17.3 Å². The van der Waals surface area contributed by atoms with E-state index in [0.717, 1.165) is 36.2 Å². The number of nitrogens with zero attached hydrogens (tertiary/aromatic N) is 5. The normalized spacial score (nSPS) is 12.8. The van der Waals surface area contributed by atoms with Crippen LogP contribution < -0.4 is 10.5 Å². The van der Waals surface area contributed by atoms with Gasteiger partial charge in [0.25, 0.3) is 11.5 Å². The molecule has 0 saturated heterocycles. The number of rotatable bonds is 6. The maximum Gasteiger partial charge on any atom is 0.253 e. The highest BCUT2D eigenvalue weighted by atomic mass is 16.2. The molecule has 4 aromatic rings. The van der Waals surface area contributed by atoms with Crippen molar-refractivity contribution >= 4 is 28.3 Å². The zero-order valence-corrected chi connectivity index (χ0v) is 20.6. The molecular weight excluding hydrogens is 450 g/mol. The lowest BCUT2D eigenvalue weighted by molar-refractivity contribution is 0.0827. The second-order valence-electron chi connectivity index (χ2n) is 9.49. The van der Waals surface area contributed by atoms with Gasteiger partial charge in [-0.1, -0.05) is 24.3 Å². The summed E-state index contributed by atoms with van der Waals surface area (Å²) in [5.74, 6) is 0.488. The van der Waals surface area contributed by atoms with Crippen LogP contribution in [0, 0.1) is 17.2 Å². The Morgan fingerprint density at radius 1 is 1.06 bits per heavy atom. The first kappa shape index (κ1) is 23.3. The monoisotopic (exact) mass is 477 g/mol. The second-order valence-corrected chi connectivity index (χ2v) is 9.49. The standard InChI is InChI=1S/C29H27N5O2/c1-32(2)29(36)22-8-4-6-20(14-22)21-7-5-9-24(15-21)34(18-19-10-11-19)26-16-27(35)33(3)25-13-12-23(17-30)31-28(25)26/h4-9,12-16,19H,10-11,18H2,1-3H3. The van der Waals surface area contributed by atoms with Crippen molar-refractivity contribution in [2.24, 2.45) is 13.0 Å². The Kier molecular flexibility index (Phi) is 6.03. The van der Waals surface area contributed by atoms with Gasteiger partial charge in [0.2, 0.25) is 0 Å². The lowest BCUT2D eigenvalue weighted by Gasteiger charge is -2.27. The summed E-state index contributed by atoms with van der Waals surface area (Å²) in [6.07, 6.45) is 2.29. The van der Waals surface area contributed by atoms with E-state index in [1.807, 2.05) is 42.5 Å². The van der Waals surface area contributed by atoms with E-state index >= 15 is 0 Å². The molecule has 1 amide bonds. The molecule has 0 spiro atoms. The van der Waals surface area contributed by atoms with Crippen LogP contribution >= 0.6 is 0 Å². The lowest BCUT2D eigenvalue weighted by atomic mass is 10.0. The number of carbonyl (C=O) groups is 1. The highest BCUT2D eigenvalue weighted by molar-refractivity contribution is 5.95. The molecular formula is C29H27N5O2. The number of hydrogen-bond acceptors (Lipinski definition) is 5. The molecule has 0 radical (unpaired) electrons. The Morgan fingerprint density at radius 2 is 1.78 bits per heavy atom. The Morgan fingerprint density at radius 3 is 2.47 bits per heavy atom. The molecule has 2 heterocycles. The van der Waals surface area contributed by atoms with E-state index in [-0.39, 0.29) is 11.5 Å². The van der Waals surface area contributed by atoms with E-state index in [2.05, 4.69) is 22.0 Å². The van der Waals surface area contributed by atoms with Crippen molar-refractivity contribution < 1.29 is 4.79 Å². The van der Waals surface area contributed by atoms with Crippen molar-refractivity contribution in [3.63, 3.8) is 0 Å². The van der Waals surface area contributed by atoms with Crippen LogP contribution in [0.25, 0.3) is 22.2 Å². The number of aromatic nitrogens is 2. The van der Waals surface area contributed by atoms with E-state index in [1.54, 1.807) is 48.8 Å². The number of benzene rings is 2. The number of nitriles is 1. The van der Waals surface area contributed by atoms with Gasteiger partial charge in [-0.2, -0.15) is 5.26 Å². The SMILES string of the molecule is CN(C)C(=O)c1cccc(-c2cccc(N(CC3CC3)c3cc(=O)n(C)c4ccc(C#N)nc34)c2)c1. The summed E-state index contributed by atoms with van der Waals surface area (Å²) < 4.78 is 1.56. The van der Waals surface area contributed by atoms with Crippen LogP contribution in [0.1, 0.15) is 28.9 Å². The first-order valence-electron chi connectivity index (χ1n) is 12.0. The van der Waals surface area contributed by atoms with Crippen LogP contribution in [0.5, 0.6) is 0 Å². The van der Waals surface area contributed by atoms with Gasteiger partial charge < -0.3 is 14.4 Å². The highest BCUT2D eigenvalue weighted by Gasteiger charge is 2.27. The third-order valence-corrected chi connectivity index (χ3v) is 6.62. The van der Waals surface area contributed by atoms with Crippen LogP contribution in [-0.2, 0) is 7.05 Å². The molecule has 5 rings (SSSR count). The van der Waals surface area contributed by atoms with Crippen LogP contribution in [0.2, 0.25) is 0 Å². The van der Waals surface area contributed by atoms with Crippen molar-refractivity contribution in [1.82, 2.24) is 14.5 Å². The Hall–Kier alpha value is -4.44. The molecule has 2 aromatic carbocycles. The average Bonchev–Trinajstić information content (AvgIpc) is 3.73. The molecule has 0 unspecified atom stereocenters. The van der Waals surface area contributed by atoms with E-state index in [1.165, 1.54) is 0 Å². The predicted octanol–water partition coefficient (Wildman–Crippen LogP) is 4.72. The van der Waals surface area contributed by atoms with Crippen molar-refractivity contribution in [2.75, 3.05) is 25.5 Å². The van der Waals surface area contributed by atoms with Crippen molar-refractivity contribution in [1.29, 1.82) is 5.26 Å². The zero-order valence-electron chi connectivity index (χ0n) is 20.6. The second kappa shape index (κ2) is 9.31. The fraction of sp³-hybridized carbons (Fsp3) is 0.241. The van der Waals surface area contributed by atoms with Crippen molar-refractivity contribution in [3.05, 3.63) is 88.3 Å². The maximum atomic E-state index is 12.9. The summed E-state index contributed by atoms with van der Waals surface area (Å²) in [4.78, 5) is 33.7. The number of aryl methyl sites for hydroxylation is 1. The van der Waals surface area contributed by atoms with E-state index < -0.39 is 0 Å². The number of hydrogen-bond donors (Lipinski definition) is 0. The summed E-state index contributed by atoms with van der Waals surface area (Å²) >= 11 is 0. The van der Waals surface area contributed by atoms with Gasteiger partial charge in [0.15, 0.2) is 0 Å². The summed E-state index contributed by atoms with van der Waals surface area (Å²) in [5.41, 5.74) is 5.66. The molecule has 1 aliphatic carbocycles.